The minimum atomic E-state index is -0.141. The smallest absolute Gasteiger partial charge is 0.137 e. The highest BCUT2D eigenvalue weighted by molar-refractivity contribution is 6.29. The van der Waals surface area contributed by atoms with Gasteiger partial charge in [0.1, 0.15) is 16.8 Å². The number of rotatable bonds is 4. The molecule has 4 nitrogen and oxygen atoms in total. The molecule has 0 fully saturated rings. The molecule has 0 aliphatic heterocycles. The Kier molecular flexibility index (Phi) is 4.71. The van der Waals surface area contributed by atoms with Gasteiger partial charge in [0.25, 0.3) is 0 Å². The van der Waals surface area contributed by atoms with Gasteiger partial charge in [-0.05, 0) is 6.92 Å². The molecule has 0 bridgehead atoms. The lowest BCUT2D eigenvalue weighted by Gasteiger charge is -2.24. The van der Waals surface area contributed by atoms with Crippen molar-refractivity contribution in [3.8, 4) is 0 Å². The Morgan fingerprint density at radius 2 is 2.00 bits per heavy atom. The zero-order chi connectivity index (χ0) is 13.1. The second-order valence-electron chi connectivity index (χ2n) is 4.93. The minimum Gasteiger partial charge on any atom is -0.395 e. The Hall–Kier alpha value is -0.870. The summed E-state index contributed by atoms with van der Waals surface area (Å²) in [4.78, 5) is 10.7. The van der Waals surface area contributed by atoms with Crippen molar-refractivity contribution < 1.29 is 5.11 Å². The number of likely N-dealkylation sites (N-methyl/N-ethyl adjacent to an activating group) is 1. The lowest BCUT2D eigenvalue weighted by atomic mass is 9.96. The summed E-state index contributed by atoms with van der Waals surface area (Å²) in [6, 6.07) is 1.73. The van der Waals surface area contributed by atoms with E-state index < -0.39 is 0 Å². The lowest BCUT2D eigenvalue weighted by Crippen LogP contribution is -2.28. The molecule has 1 aromatic rings. The van der Waals surface area contributed by atoms with E-state index in [0.29, 0.717) is 11.7 Å². The highest BCUT2D eigenvalue weighted by Gasteiger charge is 2.20. The van der Waals surface area contributed by atoms with Crippen molar-refractivity contribution in [2.75, 3.05) is 24.6 Å². The summed E-state index contributed by atoms with van der Waals surface area (Å²) in [6.45, 7) is 9.58. The van der Waals surface area contributed by atoms with Gasteiger partial charge < -0.3 is 10.0 Å². The fourth-order valence-corrected chi connectivity index (χ4v) is 1.64. The largest absolute Gasteiger partial charge is 0.395 e. The van der Waals surface area contributed by atoms with Crippen LogP contribution in [0.3, 0.4) is 0 Å². The van der Waals surface area contributed by atoms with E-state index in [-0.39, 0.29) is 12.0 Å². The maximum Gasteiger partial charge on any atom is 0.137 e. The standard InChI is InChI=1S/C12H20ClN3O/c1-5-16(6-7-17)10-8-9(13)14-11(15-10)12(2,3)4/h8,17H,5-7H2,1-4H3. The predicted octanol–water partition coefficient (Wildman–Crippen LogP) is 2.25. The molecular formula is C12H20ClN3O. The monoisotopic (exact) mass is 257 g/mol. The SMILES string of the molecule is CCN(CCO)c1cc(Cl)nc(C(C)(C)C)n1. The predicted molar refractivity (Wildman–Crippen MR) is 70.7 cm³/mol. The fourth-order valence-electron chi connectivity index (χ4n) is 1.46. The van der Waals surface area contributed by atoms with E-state index in [9.17, 15) is 0 Å². The number of aliphatic hydroxyl groups is 1. The Bertz CT molecular complexity index is 377. The van der Waals surface area contributed by atoms with Gasteiger partial charge in [0.2, 0.25) is 0 Å². The van der Waals surface area contributed by atoms with Crippen LogP contribution >= 0.6 is 11.6 Å². The van der Waals surface area contributed by atoms with Gasteiger partial charge >= 0.3 is 0 Å². The molecule has 17 heavy (non-hydrogen) atoms. The average Bonchev–Trinajstić information content (AvgIpc) is 2.23. The second-order valence-corrected chi connectivity index (χ2v) is 5.31. The van der Waals surface area contributed by atoms with Crippen LogP contribution < -0.4 is 4.90 Å². The van der Waals surface area contributed by atoms with E-state index in [4.69, 9.17) is 16.7 Å². The molecule has 96 valence electrons. The van der Waals surface area contributed by atoms with Crippen molar-refractivity contribution in [1.82, 2.24) is 9.97 Å². The number of halogens is 1. The summed E-state index contributed by atoms with van der Waals surface area (Å²) < 4.78 is 0. The van der Waals surface area contributed by atoms with Crippen molar-refractivity contribution in [3.05, 3.63) is 17.0 Å². The first-order valence-electron chi connectivity index (χ1n) is 5.79. The van der Waals surface area contributed by atoms with Crippen molar-refractivity contribution in [3.63, 3.8) is 0 Å². The van der Waals surface area contributed by atoms with Crippen LogP contribution in [-0.2, 0) is 5.41 Å². The van der Waals surface area contributed by atoms with Gasteiger partial charge in [-0.25, -0.2) is 9.97 Å². The van der Waals surface area contributed by atoms with Gasteiger partial charge in [-0.15, -0.1) is 0 Å². The third kappa shape index (κ3) is 3.82. The number of anilines is 1. The van der Waals surface area contributed by atoms with Crippen LogP contribution in [0.1, 0.15) is 33.5 Å². The molecule has 0 aliphatic carbocycles. The van der Waals surface area contributed by atoms with Gasteiger partial charge in [-0.2, -0.15) is 0 Å². The molecule has 0 saturated carbocycles. The summed E-state index contributed by atoms with van der Waals surface area (Å²) in [6.07, 6.45) is 0. The summed E-state index contributed by atoms with van der Waals surface area (Å²) in [5.74, 6) is 1.49. The fraction of sp³-hybridized carbons (Fsp3) is 0.667. The molecule has 0 aromatic carbocycles. The molecule has 0 spiro atoms. The Morgan fingerprint density at radius 1 is 1.35 bits per heavy atom. The van der Waals surface area contributed by atoms with Crippen molar-refractivity contribution >= 4 is 17.4 Å². The molecule has 5 heteroatoms. The third-order valence-corrected chi connectivity index (χ3v) is 2.62. The van der Waals surface area contributed by atoms with E-state index in [0.717, 1.165) is 18.2 Å². The molecule has 1 rings (SSSR count). The molecule has 1 N–H and O–H groups in total. The van der Waals surface area contributed by atoms with Gasteiger partial charge in [-0.1, -0.05) is 32.4 Å². The van der Waals surface area contributed by atoms with E-state index in [1.165, 1.54) is 0 Å². The van der Waals surface area contributed by atoms with Crippen molar-refractivity contribution in [1.29, 1.82) is 0 Å². The van der Waals surface area contributed by atoms with Crippen LogP contribution in [0.5, 0.6) is 0 Å². The zero-order valence-electron chi connectivity index (χ0n) is 10.9. The first kappa shape index (κ1) is 14.2. The normalized spacial score (nSPS) is 11.6. The van der Waals surface area contributed by atoms with Crippen LogP contribution in [0, 0.1) is 0 Å². The molecular weight excluding hydrogens is 238 g/mol. The topological polar surface area (TPSA) is 49.2 Å². The molecule has 0 aliphatic rings. The van der Waals surface area contributed by atoms with Gasteiger partial charge in [-0.3, -0.25) is 0 Å². The molecule has 0 amide bonds. The molecule has 1 heterocycles. The van der Waals surface area contributed by atoms with Gasteiger partial charge in [0.15, 0.2) is 0 Å². The van der Waals surface area contributed by atoms with Crippen LogP contribution in [0.25, 0.3) is 0 Å². The Balaban J connectivity index is 3.12. The maximum absolute atomic E-state index is 9.01. The van der Waals surface area contributed by atoms with E-state index in [2.05, 4.69) is 9.97 Å². The number of aliphatic hydroxyl groups excluding tert-OH is 1. The number of hydrogen-bond acceptors (Lipinski definition) is 4. The van der Waals surface area contributed by atoms with E-state index >= 15 is 0 Å². The quantitative estimate of drug-likeness (QED) is 0.841. The molecule has 0 radical (unpaired) electrons. The van der Waals surface area contributed by atoms with Crippen molar-refractivity contribution in [2.24, 2.45) is 0 Å². The number of hydrogen-bond donors (Lipinski definition) is 1. The van der Waals surface area contributed by atoms with E-state index in [1.54, 1.807) is 6.07 Å². The highest BCUT2D eigenvalue weighted by atomic mass is 35.5. The van der Waals surface area contributed by atoms with Gasteiger partial charge in [0, 0.05) is 24.6 Å². The Morgan fingerprint density at radius 3 is 2.47 bits per heavy atom. The summed E-state index contributed by atoms with van der Waals surface area (Å²) in [7, 11) is 0. The minimum absolute atomic E-state index is 0.0975. The van der Waals surface area contributed by atoms with Crippen LogP contribution in [-0.4, -0.2) is 34.8 Å². The average molecular weight is 258 g/mol. The maximum atomic E-state index is 9.01. The summed E-state index contributed by atoms with van der Waals surface area (Å²) in [5, 5.41) is 9.45. The van der Waals surface area contributed by atoms with Crippen molar-refractivity contribution in [2.45, 2.75) is 33.1 Å². The van der Waals surface area contributed by atoms with Crippen LogP contribution in [0.15, 0.2) is 6.07 Å². The first-order valence-corrected chi connectivity index (χ1v) is 6.17. The lowest BCUT2D eigenvalue weighted by molar-refractivity contribution is 0.302. The highest BCUT2D eigenvalue weighted by Crippen LogP contribution is 2.23. The molecule has 0 unspecified atom stereocenters. The zero-order valence-corrected chi connectivity index (χ0v) is 11.6. The molecule has 0 saturated heterocycles. The summed E-state index contributed by atoms with van der Waals surface area (Å²) >= 11 is 6.02. The first-order chi connectivity index (χ1) is 7.88. The molecule has 1 aromatic heterocycles. The molecule has 0 atom stereocenters. The number of nitrogens with zero attached hydrogens (tertiary/aromatic N) is 3. The van der Waals surface area contributed by atoms with E-state index in [1.807, 2.05) is 32.6 Å². The Labute approximate surface area is 108 Å². The van der Waals surface area contributed by atoms with Crippen LogP contribution in [0.2, 0.25) is 5.15 Å². The third-order valence-electron chi connectivity index (χ3n) is 2.43. The van der Waals surface area contributed by atoms with Gasteiger partial charge in [0.05, 0.1) is 6.61 Å². The second kappa shape index (κ2) is 5.65. The summed E-state index contributed by atoms with van der Waals surface area (Å²) in [5.41, 5.74) is -0.141. The van der Waals surface area contributed by atoms with Crippen LogP contribution in [0.4, 0.5) is 5.82 Å². The number of aromatic nitrogens is 2.